The highest BCUT2D eigenvalue weighted by Crippen LogP contribution is 2.25. The first kappa shape index (κ1) is 15.5. The van der Waals surface area contributed by atoms with Crippen LogP contribution in [0.1, 0.15) is 36.0 Å². The molecule has 1 aliphatic rings. The molecular formula is C16H22N2O3. The van der Waals surface area contributed by atoms with Gasteiger partial charge in [0, 0.05) is 26.1 Å². The first-order chi connectivity index (χ1) is 10.1. The minimum atomic E-state index is -0.392. The van der Waals surface area contributed by atoms with E-state index in [0.29, 0.717) is 12.0 Å². The topological polar surface area (TPSA) is 58.6 Å². The Bertz CT molecular complexity index is 488. The minimum Gasteiger partial charge on any atom is -0.366 e. The van der Waals surface area contributed by atoms with Crippen LogP contribution >= 0.6 is 0 Å². The van der Waals surface area contributed by atoms with Crippen LogP contribution in [-0.2, 0) is 9.63 Å². The highest BCUT2D eigenvalue weighted by molar-refractivity contribution is 5.89. The lowest BCUT2D eigenvalue weighted by Crippen LogP contribution is -2.40. The Hall–Kier alpha value is -1.88. The molecule has 0 aromatic heterocycles. The van der Waals surface area contributed by atoms with Crippen molar-refractivity contribution in [2.24, 2.45) is 5.92 Å². The van der Waals surface area contributed by atoms with Gasteiger partial charge in [0.05, 0.1) is 5.56 Å². The Balaban J connectivity index is 1.83. The molecule has 0 radical (unpaired) electrons. The third kappa shape index (κ3) is 4.29. The van der Waals surface area contributed by atoms with E-state index < -0.39 is 5.97 Å². The first-order valence-corrected chi connectivity index (χ1v) is 7.31. The molecule has 1 aromatic rings. The van der Waals surface area contributed by atoms with Crippen LogP contribution in [0.4, 0.5) is 0 Å². The van der Waals surface area contributed by atoms with Gasteiger partial charge in [-0.2, -0.15) is 0 Å². The number of carbonyl (C=O) groups is 2. The average Bonchev–Trinajstić information content (AvgIpc) is 2.53. The third-order valence-corrected chi connectivity index (χ3v) is 3.79. The molecule has 2 atom stereocenters. The van der Waals surface area contributed by atoms with E-state index >= 15 is 0 Å². The molecule has 2 rings (SSSR count). The number of amides is 1. The molecule has 21 heavy (non-hydrogen) atoms. The molecule has 1 N–H and O–H groups in total. The number of nitrogens with zero attached hydrogens (tertiary/aromatic N) is 1. The Morgan fingerprint density at radius 1 is 1.19 bits per heavy atom. The molecular weight excluding hydrogens is 268 g/mol. The summed E-state index contributed by atoms with van der Waals surface area (Å²) >= 11 is 0. The van der Waals surface area contributed by atoms with Crippen molar-refractivity contribution < 1.29 is 14.4 Å². The van der Waals surface area contributed by atoms with E-state index in [2.05, 4.69) is 5.48 Å². The Kier molecular flexibility index (Phi) is 5.33. The number of hydrogen-bond donors (Lipinski definition) is 1. The van der Waals surface area contributed by atoms with Gasteiger partial charge in [0.25, 0.3) is 0 Å². The molecule has 5 heteroatoms. The van der Waals surface area contributed by atoms with Gasteiger partial charge in [-0.25, -0.2) is 4.79 Å². The molecule has 0 unspecified atom stereocenters. The standard InChI is InChI=1S/C16H22N2O3/c1-18(2)15(19)13-9-6-10-14(11-13)17-21-16(20)12-7-4-3-5-8-12/h3-5,7-8,13-14,17H,6,9-11H2,1-2H3/t13-,14+/m0/s1. The quantitative estimate of drug-likeness (QED) is 0.862. The summed E-state index contributed by atoms with van der Waals surface area (Å²) in [6.45, 7) is 0. The van der Waals surface area contributed by atoms with E-state index in [-0.39, 0.29) is 17.9 Å². The number of hydrogen-bond acceptors (Lipinski definition) is 4. The molecule has 0 heterocycles. The van der Waals surface area contributed by atoms with Gasteiger partial charge in [0.2, 0.25) is 5.91 Å². The van der Waals surface area contributed by atoms with E-state index in [4.69, 9.17) is 4.84 Å². The zero-order valence-electron chi connectivity index (χ0n) is 12.5. The lowest BCUT2D eigenvalue weighted by atomic mass is 9.85. The molecule has 1 aromatic carbocycles. The molecule has 1 amide bonds. The summed E-state index contributed by atoms with van der Waals surface area (Å²) in [5.41, 5.74) is 3.34. The third-order valence-electron chi connectivity index (χ3n) is 3.79. The fourth-order valence-corrected chi connectivity index (χ4v) is 2.66. The molecule has 0 aliphatic heterocycles. The summed E-state index contributed by atoms with van der Waals surface area (Å²) < 4.78 is 0. The maximum Gasteiger partial charge on any atom is 0.356 e. The first-order valence-electron chi connectivity index (χ1n) is 7.31. The molecule has 114 valence electrons. The fourth-order valence-electron chi connectivity index (χ4n) is 2.66. The van der Waals surface area contributed by atoms with Crippen LogP contribution in [0.2, 0.25) is 0 Å². The second-order valence-corrected chi connectivity index (χ2v) is 5.67. The van der Waals surface area contributed by atoms with Crippen LogP contribution in [0.3, 0.4) is 0 Å². The normalized spacial score (nSPS) is 21.6. The zero-order valence-corrected chi connectivity index (χ0v) is 12.5. The number of rotatable bonds is 4. The van der Waals surface area contributed by atoms with Crippen LogP contribution in [0, 0.1) is 5.92 Å². The number of carbonyl (C=O) groups excluding carboxylic acids is 2. The molecule has 0 saturated heterocycles. The van der Waals surface area contributed by atoms with Crippen molar-refractivity contribution in [3.8, 4) is 0 Å². The number of benzene rings is 1. The van der Waals surface area contributed by atoms with Crippen molar-refractivity contribution in [2.75, 3.05) is 14.1 Å². The van der Waals surface area contributed by atoms with Crippen molar-refractivity contribution in [3.05, 3.63) is 35.9 Å². The van der Waals surface area contributed by atoms with Crippen molar-refractivity contribution >= 4 is 11.9 Å². The summed E-state index contributed by atoms with van der Waals surface area (Å²) in [5, 5.41) is 0. The second-order valence-electron chi connectivity index (χ2n) is 5.67. The summed E-state index contributed by atoms with van der Waals surface area (Å²) in [4.78, 5) is 30.6. The maximum atomic E-state index is 12.0. The predicted molar refractivity (Wildman–Crippen MR) is 79.4 cm³/mol. The van der Waals surface area contributed by atoms with Crippen LogP contribution in [0.15, 0.2) is 30.3 Å². The molecule has 1 fully saturated rings. The number of nitrogens with one attached hydrogen (secondary N) is 1. The van der Waals surface area contributed by atoms with E-state index in [9.17, 15) is 9.59 Å². The van der Waals surface area contributed by atoms with Crippen molar-refractivity contribution in [3.63, 3.8) is 0 Å². The van der Waals surface area contributed by atoms with Gasteiger partial charge in [0.15, 0.2) is 0 Å². The van der Waals surface area contributed by atoms with E-state index in [1.165, 1.54) is 0 Å². The van der Waals surface area contributed by atoms with Gasteiger partial charge < -0.3 is 9.74 Å². The van der Waals surface area contributed by atoms with Crippen molar-refractivity contribution in [1.82, 2.24) is 10.4 Å². The van der Waals surface area contributed by atoms with Crippen LogP contribution in [-0.4, -0.2) is 36.9 Å². The van der Waals surface area contributed by atoms with Gasteiger partial charge in [-0.15, -0.1) is 5.48 Å². The van der Waals surface area contributed by atoms with Gasteiger partial charge >= 0.3 is 5.97 Å². The van der Waals surface area contributed by atoms with Crippen molar-refractivity contribution in [1.29, 1.82) is 0 Å². The fraction of sp³-hybridized carbons (Fsp3) is 0.500. The average molecular weight is 290 g/mol. The lowest BCUT2D eigenvalue weighted by Gasteiger charge is -2.29. The molecule has 1 aliphatic carbocycles. The van der Waals surface area contributed by atoms with Crippen molar-refractivity contribution in [2.45, 2.75) is 31.7 Å². The van der Waals surface area contributed by atoms with Gasteiger partial charge in [-0.05, 0) is 31.4 Å². The lowest BCUT2D eigenvalue weighted by molar-refractivity contribution is -0.134. The zero-order chi connectivity index (χ0) is 15.2. The molecule has 5 nitrogen and oxygen atoms in total. The van der Waals surface area contributed by atoms with Crippen LogP contribution in [0.25, 0.3) is 0 Å². The molecule has 0 spiro atoms. The summed E-state index contributed by atoms with van der Waals surface area (Å²) in [6.07, 6.45) is 3.49. The monoisotopic (exact) mass is 290 g/mol. The van der Waals surface area contributed by atoms with Crippen LogP contribution in [0.5, 0.6) is 0 Å². The number of hydroxylamine groups is 1. The highest BCUT2D eigenvalue weighted by Gasteiger charge is 2.28. The smallest absolute Gasteiger partial charge is 0.356 e. The van der Waals surface area contributed by atoms with E-state index in [1.807, 2.05) is 6.07 Å². The summed E-state index contributed by atoms with van der Waals surface area (Å²) in [7, 11) is 3.55. The van der Waals surface area contributed by atoms with Crippen LogP contribution < -0.4 is 5.48 Å². The Labute approximate surface area is 125 Å². The van der Waals surface area contributed by atoms with Gasteiger partial charge in [-0.3, -0.25) is 4.79 Å². The Morgan fingerprint density at radius 2 is 1.90 bits per heavy atom. The Morgan fingerprint density at radius 3 is 2.57 bits per heavy atom. The summed E-state index contributed by atoms with van der Waals surface area (Å²) in [6, 6.07) is 8.90. The second kappa shape index (κ2) is 7.22. The highest BCUT2D eigenvalue weighted by atomic mass is 16.7. The summed E-state index contributed by atoms with van der Waals surface area (Å²) in [5.74, 6) is -0.228. The van der Waals surface area contributed by atoms with E-state index in [1.54, 1.807) is 43.3 Å². The van der Waals surface area contributed by atoms with E-state index in [0.717, 1.165) is 19.3 Å². The van der Waals surface area contributed by atoms with Gasteiger partial charge in [0.1, 0.15) is 0 Å². The minimum absolute atomic E-state index is 0.0154. The largest absolute Gasteiger partial charge is 0.366 e. The van der Waals surface area contributed by atoms with Gasteiger partial charge in [-0.1, -0.05) is 24.6 Å². The SMILES string of the molecule is CN(C)C(=O)[C@H]1CCC[C@@H](NOC(=O)c2ccccc2)C1. The molecule has 0 bridgehead atoms. The maximum absolute atomic E-state index is 12.0. The predicted octanol–water partition coefficient (Wildman–Crippen LogP) is 1.99. The molecule has 1 saturated carbocycles.